The number of rotatable bonds is 6. The molecule has 5 heteroatoms. The van der Waals surface area contributed by atoms with Crippen LogP contribution < -0.4 is 5.32 Å². The van der Waals surface area contributed by atoms with Gasteiger partial charge in [-0.05, 0) is 68.8 Å². The lowest BCUT2D eigenvalue weighted by Crippen LogP contribution is -2.48. The van der Waals surface area contributed by atoms with Crippen molar-refractivity contribution in [3.63, 3.8) is 0 Å². The van der Waals surface area contributed by atoms with E-state index in [1.807, 2.05) is 12.1 Å². The number of nitrogens with zero attached hydrogens (tertiary/aromatic N) is 2. The topological polar surface area (TPSA) is 35.6 Å². The second kappa shape index (κ2) is 11.0. The van der Waals surface area contributed by atoms with Crippen molar-refractivity contribution >= 4 is 24.0 Å². The summed E-state index contributed by atoms with van der Waals surface area (Å²) in [5.74, 6) is 0.679. The third-order valence-electron chi connectivity index (χ3n) is 6.21. The van der Waals surface area contributed by atoms with Crippen LogP contribution in [-0.4, -0.2) is 54.5 Å². The molecule has 1 aromatic rings. The van der Waals surface area contributed by atoms with Gasteiger partial charge in [0.25, 0.3) is 0 Å². The number of piperidine rings is 2. The smallest absolute Gasteiger partial charge is 0.238 e. The summed E-state index contributed by atoms with van der Waals surface area (Å²) in [6.45, 7) is 9.59. The summed E-state index contributed by atoms with van der Waals surface area (Å²) in [4.78, 5) is 17.4. The number of amides is 1. The van der Waals surface area contributed by atoms with Crippen LogP contribution in [-0.2, 0) is 4.79 Å². The van der Waals surface area contributed by atoms with Crippen LogP contribution in [0.4, 0.5) is 5.69 Å². The normalized spacial score (nSPS) is 20.7. The molecule has 0 aliphatic carbocycles. The van der Waals surface area contributed by atoms with Crippen molar-refractivity contribution < 1.29 is 4.79 Å². The largest absolute Gasteiger partial charge is 0.325 e. The van der Waals surface area contributed by atoms with Gasteiger partial charge in [-0.25, -0.2) is 0 Å². The predicted octanol–water partition coefficient (Wildman–Crippen LogP) is 4.51. The number of carbonyl (C=O) groups excluding carboxylic acids is 1. The molecule has 3 rings (SSSR count). The van der Waals surface area contributed by atoms with Crippen LogP contribution in [0, 0.1) is 0 Å². The maximum atomic E-state index is 12.4. The number of hydrogen-bond acceptors (Lipinski definition) is 3. The van der Waals surface area contributed by atoms with Gasteiger partial charge in [0.2, 0.25) is 5.91 Å². The molecular formula is C22H36ClN3O. The molecule has 0 spiro atoms. The molecule has 0 aromatic heterocycles. The van der Waals surface area contributed by atoms with E-state index in [1.165, 1.54) is 50.8 Å². The summed E-state index contributed by atoms with van der Waals surface area (Å²) in [7, 11) is 0. The van der Waals surface area contributed by atoms with Crippen molar-refractivity contribution in [1.29, 1.82) is 0 Å². The maximum absolute atomic E-state index is 12.4. The zero-order valence-corrected chi connectivity index (χ0v) is 17.8. The third-order valence-corrected chi connectivity index (χ3v) is 6.21. The fourth-order valence-electron chi connectivity index (χ4n) is 4.26. The molecule has 27 heavy (non-hydrogen) atoms. The van der Waals surface area contributed by atoms with Gasteiger partial charge in [-0.15, -0.1) is 12.4 Å². The molecule has 2 saturated heterocycles. The minimum Gasteiger partial charge on any atom is -0.325 e. The summed E-state index contributed by atoms with van der Waals surface area (Å²) >= 11 is 0. The molecule has 2 aliphatic rings. The summed E-state index contributed by atoms with van der Waals surface area (Å²) in [5.41, 5.74) is 2.25. The molecule has 1 aromatic carbocycles. The standard InChI is InChI=1S/C22H35N3O.ClH/c1-3-18(2)19-7-9-20(10-8-19)23-22(26)17-24-15-11-21(12-16-24)25-13-5-4-6-14-25;/h7-10,18,21H,3-6,11-17H2,1-2H3,(H,23,26);1H. The lowest BCUT2D eigenvalue weighted by atomic mass is 9.98. The Labute approximate surface area is 171 Å². The lowest BCUT2D eigenvalue weighted by Gasteiger charge is -2.40. The molecule has 152 valence electrons. The van der Waals surface area contributed by atoms with Gasteiger partial charge < -0.3 is 10.2 Å². The van der Waals surface area contributed by atoms with E-state index in [-0.39, 0.29) is 18.3 Å². The summed E-state index contributed by atoms with van der Waals surface area (Å²) in [6.07, 6.45) is 7.66. The monoisotopic (exact) mass is 393 g/mol. The Morgan fingerprint density at radius 3 is 2.30 bits per heavy atom. The van der Waals surface area contributed by atoms with E-state index in [0.29, 0.717) is 12.5 Å². The molecule has 1 amide bonds. The van der Waals surface area contributed by atoms with E-state index in [4.69, 9.17) is 0 Å². The summed E-state index contributed by atoms with van der Waals surface area (Å²) in [5, 5.41) is 3.06. The minimum atomic E-state index is 0. The average molecular weight is 394 g/mol. The Balaban J connectivity index is 0.00000261. The van der Waals surface area contributed by atoms with Gasteiger partial charge in [0.15, 0.2) is 0 Å². The van der Waals surface area contributed by atoms with Gasteiger partial charge in [-0.1, -0.05) is 32.4 Å². The Bertz CT molecular complexity index is 563. The highest BCUT2D eigenvalue weighted by atomic mass is 35.5. The van der Waals surface area contributed by atoms with Crippen LogP contribution in [0.3, 0.4) is 0 Å². The number of likely N-dealkylation sites (tertiary alicyclic amines) is 2. The second-order valence-corrected chi connectivity index (χ2v) is 8.08. The number of halogens is 1. The predicted molar refractivity (Wildman–Crippen MR) is 116 cm³/mol. The first kappa shape index (κ1) is 22.2. The molecule has 2 fully saturated rings. The SMILES string of the molecule is CCC(C)c1ccc(NC(=O)CN2CCC(N3CCCCC3)CC2)cc1.Cl. The Kier molecular flexibility index (Phi) is 9.07. The molecule has 1 atom stereocenters. The maximum Gasteiger partial charge on any atom is 0.238 e. The van der Waals surface area contributed by atoms with E-state index >= 15 is 0 Å². The second-order valence-electron chi connectivity index (χ2n) is 8.08. The van der Waals surface area contributed by atoms with Crippen molar-refractivity contribution in [3.05, 3.63) is 29.8 Å². The highest BCUT2D eigenvalue weighted by Gasteiger charge is 2.26. The van der Waals surface area contributed by atoms with Crippen LogP contribution in [0.1, 0.15) is 63.9 Å². The van der Waals surface area contributed by atoms with Crippen LogP contribution in [0.5, 0.6) is 0 Å². The molecule has 4 nitrogen and oxygen atoms in total. The van der Waals surface area contributed by atoms with Crippen molar-refractivity contribution in [1.82, 2.24) is 9.80 Å². The fraction of sp³-hybridized carbons (Fsp3) is 0.682. The van der Waals surface area contributed by atoms with Gasteiger partial charge >= 0.3 is 0 Å². The quantitative estimate of drug-likeness (QED) is 0.772. The van der Waals surface area contributed by atoms with Gasteiger partial charge in [-0.2, -0.15) is 0 Å². The first-order valence-electron chi connectivity index (χ1n) is 10.5. The minimum absolute atomic E-state index is 0. The molecule has 1 unspecified atom stereocenters. The highest BCUT2D eigenvalue weighted by Crippen LogP contribution is 2.22. The molecule has 0 saturated carbocycles. The van der Waals surface area contributed by atoms with Gasteiger partial charge in [0.05, 0.1) is 6.54 Å². The van der Waals surface area contributed by atoms with Crippen molar-refractivity contribution in [2.45, 2.75) is 64.3 Å². The van der Waals surface area contributed by atoms with E-state index in [0.717, 1.165) is 31.2 Å². The van der Waals surface area contributed by atoms with Crippen molar-refractivity contribution in [2.75, 3.05) is 38.0 Å². The Morgan fingerprint density at radius 1 is 1.07 bits per heavy atom. The first-order valence-corrected chi connectivity index (χ1v) is 10.5. The number of anilines is 1. The summed E-state index contributed by atoms with van der Waals surface area (Å²) < 4.78 is 0. The van der Waals surface area contributed by atoms with Crippen LogP contribution in [0.2, 0.25) is 0 Å². The summed E-state index contributed by atoms with van der Waals surface area (Å²) in [6, 6.07) is 9.06. The number of nitrogens with one attached hydrogen (secondary N) is 1. The van der Waals surface area contributed by atoms with Crippen molar-refractivity contribution in [3.8, 4) is 0 Å². The Morgan fingerprint density at radius 2 is 1.70 bits per heavy atom. The van der Waals surface area contributed by atoms with E-state index in [9.17, 15) is 4.79 Å². The molecular weight excluding hydrogens is 358 g/mol. The van der Waals surface area contributed by atoms with Crippen LogP contribution in [0.25, 0.3) is 0 Å². The van der Waals surface area contributed by atoms with Gasteiger partial charge in [0.1, 0.15) is 0 Å². The average Bonchev–Trinajstić information content (AvgIpc) is 2.69. The fourth-order valence-corrected chi connectivity index (χ4v) is 4.26. The van der Waals surface area contributed by atoms with E-state index in [2.05, 4.69) is 41.1 Å². The molecule has 2 aliphatic heterocycles. The zero-order chi connectivity index (χ0) is 18.4. The first-order chi connectivity index (χ1) is 12.7. The highest BCUT2D eigenvalue weighted by molar-refractivity contribution is 5.92. The van der Waals surface area contributed by atoms with Crippen LogP contribution >= 0.6 is 12.4 Å². The molecule has 0 radical (unpaired) electrons. The Hall–Kier alpha value is -1.10. The number of hydrogen-bond donors (Lipinski definition) is 1. The van der Waals surface area contributed by atoms with Gasteiger partial charge in [0, 0.05) is 24.8 Å². The number of benzene rings is 1. The van der Waals surface area contributed by atoms with Gasteiger partial charge in [-0.3, -0.25) is 9.69 Å². The molecule has 0 bridgehead atoms. The molecule has 1 N–H and O–H groups in total. The van der Waals surface area contributed by atoms with Crippen LogP contribution in [0.15, 0.2) is 24.3 Å². The van der Waals surface area contributed by atoms with E-state index in [1.54, 1.807) is 0 Å². The lowest BCUT2D eigenvalue weighted by molar-refractivity contribution is -0.117. The zero-order valence-electron chi connectivity index (χ0n) is 17.0. The van der Waals surface area contributed by atoms with E-state index < -0.39 is 0 Å². The number of carbonyl (C=O) groups is 1. The third kappa shape index (κ3) is 6.48. The van der Waals surface area contributed by atoms with Crippen molar-refractivity contribution in [2.24, 2.45) is 0 Å². The molecule has 2 heterocycles.